The molecule has 0 bridgehead atoms. The second kappa shape index (κ2) is 30.0. The molecule has 0 spiro atoms. The first-order chi connectivity index (χ1) is 19.8. The topological polar surface area (TPSA) is 0 Å². The molecule has 0 radical (unpaired) electrons. The van der Waals surface area contributed by atoms with Gasteiger partial charge in [0.2, 0.25) is 0 Å². The summed E-state index contributed by atoms with van der Waals surface area (Å²) in [5, 5.41) is 0. The van der Waals surface area contributed by atoms with Crippen LogP contribution in [0.3, 0.4) is 0 Å². The van der Waals surface area contributed by atoms with E-state index in [-0.39, 0.29) is 0 Å². The van der Waals surface area contributed by atoms with E-state index in [0.717, 1.165) is 0 Å². The van der Waals surface area contributed by atoms with E-state index in [9.17, 15) is 0 Å². The van der Waals surface area contributed by atoms with Crippen LogP contribution in [0.5, 0.6) is 0 Å². The van der Waals surface area contributed by atoms with Crippen LogP contribution < -0.4 is 0 Å². The number of hydrogen-bond donors (Lipinski definition) is 0. The Hall–Kier alpha value is -0.0800. The van der Waals surface area contributed by atoms with Crippen LogP contribution in [0.15, 0.2) is 0 Å². The first-order valence-corrected chi connectivity index (χ1v) is 19.5. The van der Waals surface area contributed by atoms with Gasteiger partial charge in [-0.15, -0.1) is 0 Å². The monoisotopic (exact) mass is 581 g/mol. The van der Waals surface area contributed by atoms with Crippen molar-refractivity contribution in [1.29, 1.82) is 0 Å². The Morgan fingerprint density at radius 1 is 0.220 bits per heavy atom. The molecule has 0 N–H and O–H groups in total. The van der Waals surface area contributed by atoms with Crippen LogP contribution in [0.4, 0.5) is 0 Å². The molecule has 0 heterocycles. The molecule has 0 aliphatic heterocycles. The molecule has 0 aromatic carbocycles. The highest BCUT2D eigenvalue weighted by atomic mass is 15.3. The van der Waals surface area contributed by atoms with Gasteiger partial charge < -0.3 is 8.97 Å². The normalized spacial score (nSPS) is 12.4. The molecule has 41 heavy (non-hydrogen) atoms. The highest BCUT2D eigenvalue weighted by Gasteiger charge is 2.15. The van der Waals surface area contributed by atoms with Crippen LogP contribution in [0.25, 0.3) is 0 Å². The maximum atomic E-state index is 2.47. The summed E-state index contributed by atoms with van der Waals surface area (Å²) < 4.78 is 2.46. The Labute approximate surface area is 263 Å². The van der Waals surface area contributed by atoms with Crippen molar-refractivity contribution in [2.45, 2.75) is 200 Å². The van der Waals surface area contributed by atoms with Crippen LogP contribution in [-0.4, -0.2) is 63.3 Å². The number of rotatable bonds is 34. The molecular formula is C39H84N2+2. The number of nitrogens with zero attached hydrogens (tertiary/aromatic N) is 2. The van der Waals surface area contributed by atoms with Crippen LogP contribution in [0.1, 0.15) is 200 Å². The molecule has 0 aromatic rings. The summed E-state index contributed by atoms with van der Waals surface area (Å²) in [6.45, 7) is 10.1. The minimum absolute atomic E-state index is 1.23. The maximum Gasteiger partial charge on any atom is 0.0782 e. The zero-order chi connectivity index (χ0) is 30.3. The van der Waals surface area contributed by atoms with Crippen molar-refractivity contribution in [2.75, 3.05) is 54.4 Å². The van der Waals surface area contributed by atoms with Crippen LogP contribution >= 0.6 is 0 Å². The lowest BCUT2D eigenvalue weighted by atomic mass is 10.0. The highest BCUT2D eigenvalue weighted by molar-refractivity contribution is 4.52. The van der Waals surface area contributed by atoms with Crippen molar-refractivity contribution < 1.29 is 8.97 Å². The SMILES string of the molecule is CCCCCCCCCCCCCCCCCCCCCC[N+](C)(C)CCCCCC[N+](C)(C)CCCCCCC. The molecule has 0 rings (SSSR count). The second-order valence-electron chi connectivity index (χ2n) is 15.3. The molecule has 0 saturated heterocycles. The zero-order valence-electron chi connectivity index (χ0n) is 30.2. The van der Waals surface area contributed by atoms with Crippen molar-refractivity contribution in [3.8, 4) is 0 Å². The third kappa shape index (κ3) is 32.7. The third-order valence-corrected chi connectivity index (χ3v) is 9.76. The molecule has 0 saturated carbocycles. The molecule has 0 amide bonds. The summed E-state index contributed by atoms with van der Waals surface area (Å²) >= 11 is 0. The van der Waals surface area contributed by atoms with E-state index in [1.54, 1.807) is 0 Å². The molecule has 0 unspecified atom stereocenters. The van der Waals surface area contributed by atoms with Gasteiger partial charge in [0.05, 0.1) is 54.4 Å². The Kier molecular flexibility index (Phi) is 29.9. The predicted octanol–water partition coefficient (Wildman–Crippen LogP) is 12.5. The summed E-state index contributed by atoms with van der Waals surface area (Å²) in [5.41, 5.74) is 0. The van der Waals surface area contributed by atoms with Gasteiger partial charge in [-0.1, -0.05) is 149 Å². The van der Waals surface area contributed by atoms with Gasteiger partial charge in [-0.25, -0.2) is 0 Å². The Morgan fingerprint density at radius 2 is 0.366 bits per heavy atom. The van der Waals surface area contributed by atoms with E-state index in [1.807, 2.05) is 0 Å². The highest BCUT2D eigenvalue weighted by Crippen LogP contribution is 2.16. The molecule has 0 fully saturated rings. The molecular weight excluding hydrogens is 496 g/mol. The fraction of sp³-hybridized carbons (Fsp3) is 1.00. The summed E-state index contributed by atoms with van der Waals surface area (Å²) in [4.78, 5) is 0. The van der Waals surface area contributed by atoms with Gasteiger partial charge in [0.25, 0.3) is 0 Å². The molecule has 0 aromatic heterocycles. The smallest absolute Gasteiger partial charge is 0.0782 e. The van der Waals surface area contributed by atoms with E-state index in [4.69, 9.17) is 0 Å². The Bertz CT molecular complexity index is 498. The number of unbranched alkanes of at least 4 members (excludes halogenated alkanes) is 26. The fourth-order valence-electron chi connectivity index (χ4n) is 6.60. The molecule has 0 atom stereocenters. The lowest BCUT2D eigenvalue weighted by Crippen LogP contribution is -2.41. The average Bonchev–Trinajstić information content (AvgIpc) is 2.93. The van der Waals surface area contributed by atoms with Crippen LogP contribution in [0.2, 0.25) is 0 Å². The van der Waals surface area contributed by atoms with E-state index >= 15 is 0 Å². The summed E-state index contributed by atoms with van der Waals surface area (Å²) in [6, 6.07) is 0. The predicted molar refractivity (Wildman–Crippen MR) is 189 cm³/mol. The molecule has 0 aliphatic rings. The Balaban J connectivity index is 3.39. The van der Waals surface area contributed by atoms with Gasteiger partial charge in [0.1, 0.15) is 0 Å². The van der Waals surface area contributed by atoms with Crippen molar-refractivity contribution >= 4 is 0 Å². The van der Waals surface area contributed by atoms with Crippen LogP contribution in [-0.2, 0) is 0 Å². The van der Waals surface area contributed by atoms with Gasteiger partial charge in [-0.2, -0.15) is 0 Å². The van der Waals surface area contributed by atoms with Gasteiger partial charge >= 0.3 is 0 Å². The molecule has 2 heteroatoms. The van der Waals surface area contributed by atoms with Crippen molar-refractivity contribution in [3.63, 3.8) is 0 Å². The third-order valence-electron chi connectivity index (χ3n) is 9.76. The lowest BCUT2D eigenvalue weighted by molar-refractivity contribution is -0.891. The van der Waals surface area contributed by atoms with E-state index in [2.05, 4.69) is 42.0 Å². The largest absolute Gasteiger partial charge is 0.328 e. The van der Waals surface area contributed by atoms with Crippen molar-refractivity contribution in [1.82, 2.24) is 0 Å². The molecule has 2 nitrogen and oxygen atoms in total. The van der Waals surface area contributed by atoms with Gasteiger partial charge in [0, 0.05) is 0 Å². The van der Waals surface area contributed by atoms with Crippen LogP contribution in [0, 0.1) is 0 Å². The van der Waals surface area contributed by atoms with E-state index in [1.165, 1.54) is 221 Å². The van der Waals surface area contributed by atoms with E-state index < -0.39 is 0 Å². The molecule has 248 valence electrons. The standard InChI is InChI=1S/C39H84N2/c1-7-9-11-13-14-15-16-17-18-19-20-21-22-23-24-25-26-27-29-33-37-41(5,6)39-35-31-30-34-38-40(3,4)36-32-28-12-10-8-2/h7-39H2,1-6H3/q+2. The minimum Gasteiger partial charge on any atom is -0.328 e. The van der Waals surface area contributed by atoms with Crippen molar-refractivity contribution in [2.24, 2.45) is 0 Å². The zero-order valence-corrected chi connectivity index (χ0v) is 30.2. The average molecular weight is 581 g/mol. The van der Waals surface area contributed by atoms with E-state index in [0.29, 0.717) is 0 Å². The lowest BCUT2D eigenvalue weighted by Gasteiger charge is -2.31. The molecule has 0 aliphatic carbocycles. The summed E-state index contributed by atoms with van der Waals surface area (Å²) in [6.07, 6.45) is 42.1. The fourth-order valence-corrected chi connectivity index (χ4v) is 6.60. The second-order valence-corrected chi connectivity index (χ2v) is 15.3. The van der Waals surface area contributed by atoms with Gasteiger partial charge in [0.15, 0.2) is 0 Å². The summed E-state index contributed by atoms with van der Waals surface area (Å²) in [7, 11) is 9.82. The van der Waals surface area contributed by atoms with Gasteiger partial charge in [-0.05, 0) is 51.4 Å². The van der Waals surface area contributed by atoms with Gasteiger partial charge in [-0.3, -0.25) is 0 Å². The quantitative estimate of drug-likeness (QED) is 0.0524. The Morgan fingerprint density at radius 3 is 0.537 bits per heavy atom. The first-order valence-electron chi connectivity index (χ1n) is 19.5. The van der Waals surface area contributed by atoms with Crippen molar-refractivity contribution in [3.05, 3.63) is 0 Å². The number of quaternary nitrogens is 2. The first kappa shape index (κ1) is 40.9. The maximum absolute atomic E-state index is 2.47. The number of hydrogen-bond acceptors (Lipinski definition) is 0. The summed E-state index contributed by atoms with van der Waals surface area (Å²) in [5.74, 6) is 0. The minimum atomic E-state index is 1.23.